The van der Waals surface area contributed by atoms with Gasteiger partial charge in [0.2, 0.25) is 5.95 Å². The summed E-state index contributed by atoms with van der Waals surface area (Å²) in [5, 5.41) is 16.4. The highest BCUT2D eigenvalue weighted by Crippen LogP contribution is 2.25. The number of hydrogen-bond donors (Lipinski definition) is 3. The van der Waals surface area contributed by atoms with Gasteiger partial charge in [-0.05, 0) is 57.8 Å². The molecule has 1 atom stereocenters. The minimum Gasteiger partial charge on any atom is -0.492 e. The standard InChI is InChI=1S/C25H30FN5O2/c1-17(2)13-23(32)18-7-5-8-19(14-18)28-24-22(26)16-27-25(30-24)29-20-9-6-10-21(15-20)33-12-11-31(3)4/h5-10,13-16,23,32H,11-12H2,1-4H3,(H2,27,28,29,30). The van der Waals surface area contributed by atoms with E-state index in [0.29, 0.717) is 23.6 Å². The molecule has 2 aromatic carbocycles. The van der Waals surface area contributed by atoms with Gasteiger partial charge in [0, 0.05) is 24.0 Å². The summed E-state index contributed by atoms with van der Waals surface area (Å²) in [5.74, 6) is 0.399. The summed E-state index contributed by atoms with van der Waals surface area (Å²) in [5.41, 5.74) is 3.03. The Labute approximate surface area is 194 Å². The summed E-state index contributed by atoms with van der Waals surface area (Å²) in [4.78, 5) is 10.3. The van der Waals surface area contributed by atoms with Crippen LogP contribution in [-0.4, -0.2) is 47.2 Å². The summed E-state index contributed by atoms with van der Waals surface area (Å²) in [6.07, 6.45) is 2.12. The molecule has 0 radical (unpaired) electrons. The summed E-state index contributed by atoms with van der Waals surface area (Å²) in [6.45, 7) is 5.21. The van der Waals surface area contributed by atoms with Gasteiger partial charge >= 0.3 is 0 Å². The number of ether oxygens (including phenoxy) is 1. The number of anilines is 4. The van der Waals surface area contributed by atoms with Crippen molar-refractivity contribution in [3.05, 3.63) is 77.8 Å². The second-order valence-corrected chi connectivity index (χ2v) is 8.13. The number of aliphatic hydroxyl groups excluding tert-OH is 1. The van der Waals surface area contributed by atoms with E-state index in [9.17, 15) is 9.50 Å². The predicted molar refractivity (Wildman–Crippen MR) is 130 cm³/mol. The number of aliphatic hydroxyl groups is 1. The molecular weight excluding hydrogens is 421 g/mol. The number of nitrogens with zero attached hydrogens (tertiary/aromatic N) is 3. The first-order chi connectivity index (χ1) is 15.8. The molecule has 1 heterocycles. The van der Waals surface area contributed by atoms with Crippen molar-refractivity contribution < 1.29 is 14.2 Å². The van der Waals surface area contributed by atoms with Gasteiger partial charge in [-0.1, -0.05) is 29.8 Å². The highest BCUT2D eigenvalue weighted by atomic mass is 19.1. The first kappa shape index (κ1) is 24.2. The number of benzene rings is 2. The molecule has 3 aromatic rings. The van der Waals surface area contributed by atoms with E-state index < -0.39 is 11.9 Å². The number of aromatic nitrogens is 2. The summed E-state index contributed by atoms with van der Waals surface area (Å²) in [7, 11) is 3.97. The number of halogens is 1. The second kappa shape index (κ2) is 11.4. The van der Waals surface area contributed by atoms with Crippen LogP contribution in [0.1, 0.15) is 25.5 Å². The Bertz CT molecular complexity index is 1100. The van der Waals surface area contributed by atoms with Crippen LogP contribution in [0.15, 0.2) is 66.4 Å². The topological polar surface area (TPSA) is 82.5 Å². The maximum absolute atomic E-state index is 14.4. The number of rotatable bonds is 10. The largest absolute Gasteiger partial charge is 0.492 e. The molecular formula is C25H30FN5O2. The highest BCUT2D eigenvalue weighted by Gasteiger charge is 2.10. The number of likely N-dealkylation sites (N-methyl/N-ethyl adjacent to an activating group) is 1. The van der Waals surface area contributed by atoms with E-state index in [1.54, 1.807) is 24.3 Å². The maximum atomic E-state index is 14.4. The SMILES string of the molecule is CC(C)=CC(O)c1cccc(Nc2nc(Nc3cccc(OCCN(C)C)c3)ncc2F)c1. The molecule has 0 bridgehead atoms. The van der Waals surface area contributed by atoms with Crippen molar-refractivity contribution in [2.75, 3.05) is 37.9 Å². The molecule has 0 saturated heterocycles. The quantitative estimate of drug-likeness (QED) is 0.372. The molecule has 0 aliphatic carbocycles. The van der Waals surface area contributed by atoms with Gasteiger partial charge < -0.3 is 25.4 Å². The van der Waals surface area contributed by atoms with Crippen LogP contribution in [0, 0.1) is 5.82 Å². The average Bonchev–Trinajstić information content (AvgIpc) is 2.76. The molecule has 0 amide bonds. The third-order valence-electron chi connectivity index (χ3n) is 4.62. The van der Waals surface area contributed by atoms with Gasteiger partial charge in [0.25, 0.3) is 0 Å². The van der Waals surface area contributed by atoms with Gasteiger partial charge in [0.05, 0.1) is 12.3 Å². The van der Waals surface area contributed by atoms with Crippen molar-refractivity contribution in [2.45, 2.75) is 20.0 Å². The Morgan fingerprint density at radius 2 is 1.85 bits per heavy atom. The van der Waals surface area contributed by atoms with Gasteiger partial charge in [-0.3, -0.25) is 0 Å². The molecule has 3 rings (SSSR count). The van der Waals surface area contributed by atoms with E-state index in [-0.39, 0.29) is 11.8 Å². The molecule has 3 N–H and O–H groups in total. The molecule has 0 saturated carbocycles. The van der Waals surface area contributed by atoms with Crippen molar-refractivity contribution in [2.24, 2.45) is 0 Å². The van der Waals surface area contributed by atoms with E-state index in [2.05, 4.69) is 20.6 Å². The van der Waals surface area contributed by atoms with E-state index >= 15 is 0 Å². The highest BCUT2D eigenvalue weighted by molar-refractivity contribution is 5.61. The Balaban J connectivity index is 1.72. The van der Waals surface area contributed by atoms with Crippen molar-refractivity contribution in [1.82, 2.24) is 14.9 Å². The van der Waals surface area contributed by atoms with E-state index in [4.69, 9.17) is 4.74 Å². The van der Waals surface area contributed by atoms with Gasteiger partial charge in [-0.2, -0.15) is 4.98 Å². The monoisotopic (exact) mass is 451 g/mol. The Morgan fingerprint density at radius 1 is 1.12 bits per heavy atom. The lowest BCUT2D eigenvalue weighted by molar-refractivity contribution is 0.228. The predicted octanol–water partition coefficient (Wildman–Crippen LogP) is 5.04. The van der Waals surface area contributed by atoms with Crippen molar-refractivity contribution >= 4 is 23.1 Å². The van der Waals surface area contributed by atoms with E-state index in [0.717, 1.165) is 24.0 Å². The molecule has 174 valence electrons. The van der Waals surface area contributed by atoms with Crippen LogP contribution < -0.4 is 15.4 Å². The summed E-state index contributed by atoms with van der Waals surface area (Å²) >= 11 is 0. The van der Waals surface area contributed by atoms with E-state index in [1.807, 2.05) is 63.2 Å². The molecule has 1 aromatic heterocycles. The molecule has 33 heavy (non-hydrogen) atoms. The molecule has 7 nitrogen and oxygen atoms in total. The molecule has 0 aliphatic heterocycles. The number of nitrogens with one attached hydrogen (secondary N) is 2. The zero-order valence-corrected chi connectivity index (χ0v) is 19.3. The van der Waals surface area contributed by atoms with Gasteiger partial charge in [0.1, 0.15) is 12.4 Å². The van der Waals surface area contributed by atoms with Crippen molar-refractivity contribution in [1.29, 1.82) is 0 Å². The molecule has 0 spiro atoms. The Hall–Kier alpha value is -3.49. The lowest BCUT2D eigenvalue weighted by Gasteiger charge is -2.13. The van der Waals surface area contributed by atoms with Crippen LogP contribution in [-0.2, 0) is 0 Å². The minimum absolute atomic E-state index is 0.0275. The van der Waals surface area contributed by atoms with Crippen LogP contribution >= 0.6 is 0 Å². The summed E-state index contributed by atoms with van der Waals surface area (Å²) in [6, 6.07) is 14.6. The van der Waals surface area contributed by atoms with Gasteiger partial charge in [-0.15, -0.1) is 0 Å². The molecule has 1 unspecified atom stereocenters. The first-order valence-electron chi connectivity index (χ1n) is 10.7. The zero-order chi connectivity index (χ0) is 23.8. The van der Waals surface area contributed by atoms with Crippen LogP contribution in [0.2, 0.25) is 0 Å². The number of hydrogen-bond acceptors (Lipinski definition) is 7. The lowest BCUT2D eigenvalue weighted by Crippen LogP contribution is -2.19. The Morgan fingerprint density at radius 3 is 2.58 bits per heavy atom. The van der Waals surface area contributed by atoms with Gasteiger partial charge in [0.15, 0.2) is 11.6 Å². The minimum atomic E-state index is -0.739. The van der Waals surface area contributed by atoms with Crippen molar-refractivity contribution in [3.63, 3.8) is 0 Å². The normalized spacial score (nSPS) is 11.7. The van der Waals surface area contributed by atoms with E-state index in [1.165, 1.54) is 0 Å². The third kappa shape index (κ3) is 7.55. The van der Waals surface area contributed by atoms with Crippen LogP contribution in [0.25, 0.3) is 0 Å². The average molecular weight is 452 g/mol. The summed E-state index contributed by atoms with van der Waals surface area (Å²) < 4.78 is 20.1. The third-order valence-corrected chi connectivity index (χ3v) is 4.62. The zero-order valence-electron chi connectivity index (χ0n) is 19.3. The smallest absolute Gasteiger partial charge is 0.229 e. The molecule has 0 aliphatic rings. The van der Waals surface area contributed by atoms with Crippen molar-refractivity contribution in [3.8, 4) is 5.75 Å². The Kier molecular flexibility index (Phi) is 8.34. The van der Waals surface area contributed by atoms with Crippen LogP contribution in [0.3, 0.4) is 0 Å². The fraction of sp³-hybridized carbons (Fsp3) is 0.280. The van der Waals surface area contributed by atoms with Crippen LogP contribution in [0.4, 0.5) is 27.5 Å². The maximum Gasteiger partial charge on any atom is 0.229 e. The molecule has 0 fully saturated rings. The fourth-order valence-corrected chi connectivity index (χ4v) is 3.00. The number of allylic oxidation sites excluding steroid dienone is 1. The van der Waals surface area contributed by atoms with Gasteiger partial charge in [-0.25, -0.2) is 9.37 Å². The molecule has 8 heteroatoms. The first-order valence-corrected chi connectivity index (χ1v) is 10.7. The lowest BCUT2D eigenvalue weighted by atomic mass is 10.1. The second-order valence-electron chi connectivity index (χ2n) is 8.13. The van der Waals surface area contributed by atoms with Crippen LogP contribution in [0.5, 0.6) is 5.75 Å². The fourth-order valence-electron chi connectivity index (χ4n) is 3.00.